The van der Waals surface area contributed by atoms with E-state index in [0.717, 1.165) is 61.6 Å². The number of rotatable bonds is 14. The molecule has 0 fully saturated rings. The third kappa shape index (κ3) is 7.75. The molecule has 1 aromatic carbocycles. The number of carbonyl (C=O) groups is 1. The van der Waals surface area contributed by atoms with Gasteiger partial charge < -0.3 is 15.0 Å². The Labute approximate surface area is 190 Å². The first-order chi connectivity index (χ1) is 15.1. The van der Waals surface area contributed by atoms with Gasteiger partial charge in [0.15, 0.2) is 0 Å². The summed E-state index contributed by atoms with van der Waals surface area (Å²) in [7, 11) is 0. The average molecular weight is 444 g/mol. The highest BCUT2D eigenvalue weighted by molar-refractivity contribution is 6.25. The Balaban J connectivity index is 2.26. The van der Waals surface area contributed by atoms with Gasteiger partial charge in [0, 0.05) is 30.5 Å². The Morgan fingerprint density at radius 2 is 2.06 bits per heavy atom. The van der Waals surface area contributed by atoms with Gasteiger partial charge >= 0.3 is 0 Å². The summed E-state index contributed by atoms with van der Waals surface area (Å²) in [5.74, 6) is 0.198. The molecule has 0 heterocycles. The van der Waals surface area contributed by atoms with E-state index in [2.05, 4.69) is 32.1 Å². The van der Waals surface area contributed by atoms with Crippen molar-refractivity contribution in [3.8, 4) is 0 Å². The maximum atomic E-state index is 11.5. The zero-order valence-electron chi connectivity index (χ0n) is 18.6. The number of nitrogens with zero attached hydrogens (tertiary/aromatic N) is 2. The molecule has 0 aliphatic heterocycles. The second-order valence-electron chi connectivity index (χ2n) is 7.79. The molecule has 6 heteroatoms. The number of halogens is 1. The normalized spacial score (nSPS) is 14.2. The quantitative estimate of drug-likeness (QED) is 0.202. The van der Waals surface area contributed by atoms with Gasteiger partial charge in [-0.3, -0.25) is 4.79 Å². The minimum absolute atomic E-state index is 0.198. The summed E-state index contributed by atoms with van der Waals surface area (Å²) in [6.07, 6.45) is 15.6. The second-order valence-corrected chi connectivity index (χ2v) is 8.04. The minimum Gasteiger partial charge on any atom is -0.381 e. The first-order valence-corrected chi connectivity index (χ1v) is 11.5. The molecule has 0 aromatic heterocycles. The SMILES string of the molecule is CCCOCCCN(C=O)C=Nc1c(C)cc(CC(/C=C/Cl)CC=N)c2c1=CCCC=2. The van der Waals surface area contributed by atoms with Crippen molar-refractivity contribution in [1.29, 1.82) is 5.41 Å². The number of carbonyl (C=O) groups excluding carboxylic acids is 1. The summed E-state index contributed by atoms with van der Waals surface area (Å²) < 4.78 is 5.49. The number of amides is 1. The van der Waals surface area contributed by atoms with E-state index in [1.165, 1.54) is 17.0 Å². The largest absolute Gasteiger partial charge is 0.381 e. The third-order valence-corrected chi connectivity index (χ3v) is 5.44. The lowest BCUT2D eigenvalue weighted by Crippen LogP contribution is -2.33. The van der Waals surface area contributed by atoms with Crippen LogP contribution in [0.5, 0.6) is 0 Å². The highest BCUT2D eigenvalue weighted by atomic mass is 35.5. The molecule has 0 radical (unpaired) electrons. The van der Waals surface area contributed by atoms with Crippen LogP contribution in [0.25, 0.3) is 12.2 Å². The van der Waals surface area contributed by atoms with Crippen molar-refractivity contribution in [3.63, 3.8) is 0 Å². The van der Waals surface area contributed by atoms with E-state index in [4.69, 9.17) is 26.7 Å². The van der Waals surface area contributed by atoms with E-state index < -0.39 is 0 Å². The summed E-state index contributed by atoms with van der Waals surface area (Å²) in [4.78, 5) is 17.7. The fraction of sp³-hybridized carbons (Fsp3) is 0.480. The van der Waals surface area contributed by atoms with Crippen LogP contribution in [0.4, 0.5) is 5.69 Å². The predicted molar refractivity (Wildman–Crippen MR) is 131 cm³/mol. The Morgan fingerprint density at radius 1 is 1.29 bits per heavy atom. The lowest BCUT2D eigenvalue weighted by atomic mass is 9.91. The van der Waals surface area contributed by atoms with Crippen LogP contribution in [0.3, 0.4) is 0 Å². The van der Waals surface area contributed by atoms with Crippen LogP contribution in [0.15, 0.2) is 22.7 Å². The number of allylic oxidation sites excluding steroid dienone is 1. The Bertz CT molecular complexity index is 908. The van der Waals surface area contributed by atoms with Crippen LogP contribution in [-0.2, 0) is 16.0 Å². The molecule has 2 rings (SSSR count). The van der Waals surface area contributed by atoms with Gasteiger partial charge in [-0.1, -0.05) is 42.8 Å². The topological polar surface area (TPSA) is 65.8 Å². The van der Waals surface area contributed by atoms with E-state index in [1.807, 2.05) is 6.08 Å². The van der Waals surface area contributed by atoms with Crippen molar-refractivity contribution in [2.75, 3.05) is 19.8 Å². The molecular formula is C25H34ClN3O2. The molecule has 1 amide bonds. The standard InChI is InChI=1S/C25H34ClN3O2/c1-3-14-31-15-6-13-29(19-30)18-28-25-20(2)16-22(17-21(9-11-26)10-12-27)23-7-4-5-8-24(23)25/h7-9,11-12,16,18-19,21,27H,3-6,10,13-15,17H2,1-2H3/b11-9+,27-12?,28-18?. The highest BCUT2D eigenvalue weighted by Gasteiger charge is 2.12. The number of fused-ring (bicyclic) bond motifs is 1. The van der Waals surface area contributed by atoms with E-state index in [1.54, 1.807) is 16.8 Å². The van der Waals surface area contributed by atoms with Gasteiger partial charge in [-0.25, -0.2) is 4.99 Å². The summed E-state index contributed by atoms with van der Waals surface area (Å²) >= 11 is 5.81. The van der Waals surface area contributed by atoms with E-state index in [9.17, 15) is 4.79 Å². The molecule has 1 atom stereocenters. The Kier molecular flexibility index (Phi) is 11.3. The molecule has 1 N–H and O–H groups in total. The van der Waals surface area contributed by atoms with Crippen LogP contribution in [0.2, 0.25) is 0 Å². The van der Waals surface area contributed by atoms with Crippen molar-refractivity contribution < 1.29 is 9.53 Å². The lowest BCUT2D eigenvalue weighted by molar-refractivity contribution is -0.114. The van der Waals surface area contributed by atoms with Crippen LogP contribution in [0, 0.1) is 18.3 Å². The zero-order valence-corrected chi connectivity index (χ0v) is 19.4. The summed E-state index contributed by atoms with van der Waals surface area (Å²) in [5.41, 5.74) is 4.80. The molecule has 0 saturated carbocycles. The fourth-order valence-electron chi connectivity index (χ4n) is 3.80. The highest BCUT2D eigenvalue weighted by Crippen LogP contribution is 2.18. The van der Waals surface area contributed by atoms with Gasteiger partial charge in [-0.05, 0) is 73.9 Å². The van der Waals surface area contributed by atoms with Gasteiger partial charge in [0.05, 0.1) is 12.0 Å². The predicted octanol–water partition coefficient (Wildman–Crippen LogP) is 4.24. The number of nitrogens with one attached hydrogen (secondary N) is 1. The van der Waals surface area contributed by atoms with Crippen molar-refractivity contribution in [1.82, 2.24) is 4.90 Å². The molecule has 0 bridgehead atoms. The van der Waals surface area contributed by atoms with Gasteiger partial charge in [-0.15, -0.1) is 0 Å². The summed E-state index contributed by atoms with van der Waals surface area (Å²) in [6, 6.07) is 2.18. The van der Waals surface area contributed by atoms with Crippen LogP contribution in [-0.4, -0.2) is 43.6 Å². The van der Waals surface area contributed by atoms with Gasteiger partial charge in [0.25, 0.3) is 0 Å². The molecule has 168 valence electrons. The molecule has 31 heavy (non-hydrogen) atoms. The molecule has 5 nitrogen and oxygen atoms in total. The third-order valence-electron chi connectivity index (χ3n) is 5.29. The van der Waals surface area contributed by atoms with Gasteiger partial charge in [-0.2, -0.15) is 0 Å². The van der Waals surface area contributed by atoms with Crippen molar-refractivity contribution >= 4 is 48.4 Å². The molecule has 1 unspecified atom stereocenters. The maximum Gasteiger partial charge on any atom is 0.214 e. The van der Waals surface area contributed by atoms with Crippen LogP contribution < -0.4 is 10.4 Å². The van der Waals surface area contributed by atoms with Crippen LogP contribution >= 0.6 is 11.6 Å². The first kappa shape index (κ1) is 25.0. The first-order valence-electron chi connectivity index (χ1n) is 11.1. The Hall–Kier alpha value is -2.24. The second kappa shape index (κ2) is 13.9. The van der Waals surface area contributed by atoms with Gasteiger partial charge in [0.2, 0.25) is 6.41 Å². The van der Waals surface area contributed by atoms with E-state index in [-0.39, 0.29) is 5.92 Å². The smallest absolute Gasteiger partial charge is 0.214 e. The lowest BCUT2D eigenvalue weighted by Gasteiger charge is -2.16. The van der Waals surface area contributed by atoms with E-state index in [0.29, 0.717) is 19.6 Å². The zero-order chi connectivity index (χ0) is 22.5. The number of benzene rings is 1. The molecule has 1 aromatic rings. The number of aryl methyl sites for hydroxylation is 1. The maximum absolute atomic E-state index is 11.5. The molecule has 1 aliphatic rings. The molecule has 0 spiro atoms. The van der Waals surface area contributed by atoms with Gasteiger partial charge in [0.1, 0.15) is 0 Å². The van der Waals surface area contributed by atoms with Crippen molar-refractivity contribution in [3.05, 3.63) is 39.2 Å². The fourth-order valence-corrected chi connectivity index (χ4v) is 4.00. The number of hydrogen-bond donors (Lipinski definition) is 1. The monoisotopic (exact) mass is 443 g/mol. The Morgan fingerprint density at radius 3 is 2.74 bits per heavy atom. The molecule has 0 saturated heterocycles. The summed E-state index contributed by atoms with van der Waals surface area (Å²) in [6.45, 7) is 6.12. The molecule has 1 aliphatic carbocycles. The summed E-state index contributed by atoms with van der Waals surface area (Å²) in [5, 5.41) is 9.81. The number of hydrogen-bond acceptors (Lipinski definition) is 4. The average Bonchev–Trinajstić information content (AvgIpc) is 2.77. The van der Waals surface area contributed by atoms with Crippen molar-refractivity contribution in [2.24, 2.45) is 10.9 Å². The number of ether oxygens (including phenoxy) is 1. The van der Waals surface area contributed by atoms with E-state index >= 15 is 0 Å². The van der Waals surface area contributed by atoms with Crippen molar-refractivity contribution in [2.45, 2.75) is 52.4 Å². The minimum atomic E-state index is 0.198. The van der Waals surface area contributed by atoms with Crippen LogP contribution in [0.1, 0.15) is 50.2 Å². The molecular weight excluding hydrogens is 410 g/mol. The number of aliphatic imine (C=N–C) groups is 1.